The molecule has 0 aliphatic heterocycles. The number of anilines is 1. The van der Waals surface area contributed by atoms with Gasteiger partial charge in [0.1, 0.15) is 17.2 Å². The first-order valence-corrected chi connectivity index (χ1v) is 14.3. The molecule has 0 bridgehead atoms. The first-order chi connectivity index (χ1) is 20.0. The second-order valence-corrected chi connectivity index (χ2v) is 11.9. The normalized spacial score (nSPS) is 18.1. The SMILES string of the molecule is CC(C)(O)[C@H](F)CNC(=O)c1cnc(-c2ccc3cc(C#N)cnn23)cc1N[C@H]1CC[C@H](c2nnc(C(F)F)s2)CC1. The number of aliphatic hydroxyl groups is 1. The van der Waals surface area contributed by atoms with E-state index in [0.717, 1.165) is 11.3 Å². The Balaban J connectivity index is 1.38. The van der Waals surface area contributed by atoms with Crippen LogP contribution in [0, 0.1) is 11.3 Å². The Hall–Kier alpha value is -4.09. The highest BCUT2D eigenvalue weighted by Crippen LogP contribution is 2.37. The lowest BCUT2D eigenvalue weighted by Gasteiger charge is -2.29. The number of pyridine rings is 1. The van der Waals surface area contributed by atoms with Crippen molar-refractivity contribution in [3.63, 3.8) is 0 Å². The third-order valence-corrected chi connectivity index (χ3v) is 8.42. The monoisotopic (exact) mass is 598 g/mol. The van der Waals surface area contributed by atoms with Crippen molar-refractivity contribution in [1.29, 1.82) is 5.26 Å². The molecular formula is C28H29F3N8O2S. The standard InChI is InChI=1S/C28H29F3N8O2S/c1-28(2,41)23(29)14-34-25(40)19-13-33-21(22-8-7-18-9-15(11-32)12-35-39(18)22)10-20(19)36-17-5-3-16(4-6-17)26-37-38-27(42-26)24(30)31/h7-10,12-13,16-17,23-24,41H,3-6,14H2,1-2H3,(H,33,36)(H,34,40)/t16-,17-,23-/m1/s1. The highest BCUT2D eigenvalue weighted by molar-refractivity contribution is 7.11. The summed E-state index contributed by atoms with van der Waals surface area (Å²) in [6.45, 7) is 2.27. The minimum Gasteiger partial charge on any atom is -0.387 e. The highest BCUT2D eigenvalue weighted by Gasteiger charge is 2.29. The number of aromatic nitrogens is 5. The molecule has 0 spiro atoms. The maximum absolute atomic E-state index is 14.4. The molecule has 5 rings (SSSR count). The Morgan fingerprint density at radius 2 is 1.95 bits per heavy atom. The molecule has 220 valence electrons. The van der Waals surface area contributed by atoms with E-state index in [-0.39, 0.29) is 29.1 Å². The molecule has 1 saturated carbocycles. The molecule has 1 aliphatic rings. The number of nitrogens with zero attached hydrogens (tertiary/aromatic N) is 6. The molecule has 3 N–H and O–H groups in total. The molecule has 4 aromatic rings. The number of nitriles is 1. The van der Waals surface area contributed by atoms with Gasteiger partial charge in [-0.2, -0.15) is 10.4 Å². The maximum Gasteiger partial charge on any atom is 0.291 e. The molecule has 42 heavy (non-hydrogen) atoms. The van der Waals surface area contributed by atoms with E-state index in [0.29, 0.717) is 58.8 Å². The molecule has 10 nitrogen and oxygen atoms in total. The summed E-state index contributed by atoms with van der Waals surface area (Å²) in [5, 5.41) is 37.3. The number of hydrogen-bond donors (Lipinski definition) is 3. The summed E-state index contributed by atoms with van der Waals surface area (Å²) in [7, 11) is 0. The second-order valence-electron chi connectivity index (χ2n) is 10.8. The number of carbonyl (C=O) groups excluding carboxylic acids is 1. The van der Waals surface area contributed by atoms with Gasteiger partial charge in [0, 0.05) is 18.2 Å². The lowest BCUT2D eigenvalue weighted by molar-refractivity contribution is -0.00177. The van der Waals surface area contributed by atoms with Gasteiger partial charge in [0.15, 0.2) is 5.01 Å². The van der Waals surface area contributed by atoms with E-state index in [1.54, 1.807) is 16.6 Å². The molecule has 0 saturated heterocycles. The third-order valence-electron chi connectivity index (χ3n) is 7.33. The van der Waals surface area contributed by atoms with Gasteiger partial charge >= 0.3 is 0 Å². The van der Waals surface area contributed by atoms with Crippen LogP contribution in [0.15, 0.2) is 36.7 Å². The first-order valence-electron chi connectivity index (χ1n) is 13.4. The van der Waals surface area contributed by atoms with Crippen molar-refractivity contribution >= 4 is 28.4 Å². The Kier molecular flexibility index (Phi) is 8.42. The van der Waals surface area contributed by atoms with Crippen molar-refractivity contribution in [3.8, 4) is 17.5 Å². The number of nitrogens with one attached hydrogen (secondary N) is 2. The van der Waals surface area contributed by atoms with Gasteiger partial charge in [-0.1, -0.05) is 11.3 Å². The van der Waals surface area contributed by atoms with E-state index in [1.807, 2.05) is 12.1 Å². The van der Waals surface area contributed by atoms with Crippen LogP contribution in [0.5, 0.6) is 0 Å². The van der Waals surface area contributed by atoms with Crippen molar-refractivity contribution in [3.05, 3.63) is 57.8 Å². The summed E-state index contributed by atoms with van der Waals surface area (Å²) in [4.78, 5) is 17.6. The summed E-state index contributed by atoms with van der Waals surface area (Å²) in [6, 6.07) is 9.08. The zero-order valence-corrected chi connectivity index (χ0v) is 23.7. The van der Waals surface area contributed by atoms with Gasteiger partial charge in [-0.05, 0) is 63.8 Å². The van der Waals surface area contributed by atoms with Crippen LogP contribution < -0.4 is 10.6 Å². The Morgan fingerprint density at radius 3 is 2.62 bits per heavy atom. The predicted molar refractivity (Wildman–Crippen MR) is 150 cm³/mol. The van der Waals surface area contributed by atoms with Crippen LogP contribution in [-0.2, 0) is 0 Å². The molecule has 0 aromatic carbocycles. The maximum atomic E-state index is 14.4. The van der Waals surface area contributed by atoms with Gasteiger partial charge in [-0.3, -0.25) is 9.78 Å². The molecule has 1 amide bonds. The van der Waals surface area contributed by atoms with Gasteiger partial charge in [-0.15, -0.1) is 10.2 Å². The van der Waals surface area contributed by atoms with E-state index >= 15 is 0 Å². The minimum absolute atomic E-state index is 0.0311. The molecule has 1 atom stereocenters. The zero-order valence-electron chi connectivity index (χ0n) is 22.9. The van der Waals surface area contributed by atoms with Gasteiger partial charge in [-0.25, -0.2) is 17.7 Å². The fraction of sp³-hybridized carbons (Fsp3) is 0.429. The fourth-order valence-corrected chi connectivity index (χ4v) is 5.75. The van der Waals surface area contributed by atoms with Crippen LogP contribution in [0.3, 0.4) is 0 Å². The van der Waals surface area contributed by atoms with Crippen LogP contribution in [-0.4, -0.2) is 60.2 Å². The summed E-state index contributed by atoms with van der Waals surface area (Å²) < 4.78 is 42.0. The molecule has 0 unspecified atom stereocenters. The molecule has 4 aromatic heterocycles. The summed E-state index contributed by atoms with van der Waals surface area (Å²) in [5.74, 6) is -0.522. The van der Waals surface area contributed by atoms with E-state index in [1.165, 1.54) is 26.2 Å². The summed E-state index contributed by atoms with van der Waals surface area (Å²) in [6.07, 6.45) is 1.35. The van der Waals surface area contributed by atoms with E-state index in [4.69, 9.17) is 0 Å². The predicted octanol–water partition coefficient (Wildman–Crippen LogP) is 5.03. The number of carbonyl (C=O) groups is 1. The van der Waals surface area contributed by atoms with Crippen molar-refractivity contribution < 1.29 is 23.1 Å². The van der Waals surface area contributed by atoms with Crippen molar-refractivity contribution in [1.82, 2.24) is 30.1 Å². The zero-order chi connectivity index (χ0) is 30.0. The average molecular weight is 599 g/mol. The smallest absolute Gasteiger partial charge is 0.291 e. The molecule has 4 heterocycles. The van der Waals surface area contributed by atoms with Crippen LogP contribution in [0.1, 0.15) is 77.8 Å². The summed E-state index contributed by atoms with van der Waals surface area (Å²) >= 11 is 0.944. The second kappa shape index (κ2) is 12.0. The van der Waals surface area contributed by atoms with Gasteiger partial charge in [0.05, 0.1) is 52.1 Å². The van der Waals surface area contributed by atoms with Crippen LogP contribution in [0.2, 0.25) is 0 Å². The van der Waals surface area contributed by atoms with Crippen molar-refractivity contribution in [2.24, 2.45) is 0 Å². The van der Waals surface area contributed by atoms with Gasteiger partial charge in [0.2, 0.25) is 0 Å². The fourth-order valence-electron chi connectivity index (χ4n) is 4.88. The highest BCUT2D eigenvalue weighted by atomic mass is 32.1. The quantitative estimate of drug-likeness (QED) is 0.244. The van der Waals surface area contributed by atoms with Crippen LogP contribution in [0.25, 0.3) is 16.9 Å². The number of alkyl halides is 3. The van der Waals surface area contributed by atoms with Gasteiger partial charge < -0.3 is 15.7 Å². The van der Waals surface area contributed by atoms with E-state index in [2.05, 4.69) is 37.0 Å². The average Bonchev–Trinajstić information content (AvgIpc) is 3.63. The third kappa shape index (κ3) is 6.37. The number of halogens is 3. The lowest BCUT2D eigenvalue weighted by Crippen LogP contribution is -2.42. The Morgan fingerprint density at radius 1 is 1.19 bits per heavy atom. The number of amides is 1. The van der Waals surface area contributed by atoms with E-state index in [9.17, 15) is 28.3 Å². The number of rotatable bonds is 9. The van der Waals surface area contributed by atoms with Gasteiger partial charge in [0.25, 0.3) is 12.3 Å². The van der Waals surface area contributed by atoms with Crippen molar-refractivity contribution in [2.45, 2.75) is 69.7 Å². The van der Waals surface area contributed by atoms with Crippen LogP contribution in [0.4, 0.5) is 18.9 Å². The Bertz CT molecular complexity index is 1620. The molecular weight excluding hydrogens is 569 g/mol. The number of hydrogen-bond acceptors (Lipinski definition) is 9. The largest absolute Gasteiger partial charge is 0.387 e. The van der Waals surface area contributed by atoms with Crippen LogP contribution >= 0.6 is 11.3 Å². The topological polar surface area (TPSA) is 141 Å². The first kappa shape index (κ1) is 29.4. The lowest BCUT2D eigenvalue weighted by atomic mass is 9.86. The minimum atomic E-state index is -2.64. The molecule has 14 heteroatoms. The Labute approximate surface area is 243 Å². The summed E-state index contributed by atoms with van der Waals surface area (Å²) in [5.41, 5.74) is 1.36. The molecule has 1 fully saturated rings. The number of fused-ring (bicyclic) bond motifs is 1. The van der Waals surface area contributed by atoms with Crippen molar-refractivity contribution in [2.75, 3.05) is 11.9 Å². The molecule has 1 aliphatic carbocycles. The molecule has 0 radical (unpaired) electrons. The van der Waals surface area contributed by atoms with E-state index < -0.39 is 24.1 Å².